The molecule has 1 aliphatic heterocycles. The lowest BCUT2D eigenvalue weighted by atomic mass is 10.1. The molecule has 1 N–H and O–H groups in total. The van der Waals surface area contributed by atoms with E-state index in [9.17, 15) is 13.2 Å². The lowest BCUT2D eigenvalue weighted by Gasteiger charge is -2.13. The predicted molar refractivity (Wildman–Crippen MR) is 117 cm³/mol. The van der Waals surface area contributed by atoms with Crippen molar-refractivity contribution in [3.8, 4) is 5.75 Å². The number of hydrogen-bond donors (Lipinski definition) is 1. The van der Waals surface area contributed by atoms with Gasteiger partial charge < -0.3 is 10.1 Å². The first-order valence-corrected chi connectivity index (χ1v) is 12.2. The van der Waals surface area contributed by atoms with E-state index in [1.807, 2.05) is 25.1 Å². The average molecular weight is 441 g/mol. The Hall–Kier alpha value is -2.94. The minimum atomic E-state index is -3.07. The third-order valence-electron chi connectivity index (χ3n) is 6.01. The average Bonchev–Trinajstić information content (AvgIpc) is 3.47. The number of fused-ring (bicyclic) bond motifs is 1. The number of ether oxygens (including phenoxy) is 1. The van der Waals surface area contributed by atoms with E-state index in [4.69, 9.17) is 9.72 Å². The Kier molecular flexibility index (Phi) is 4.73. The molecule has 8 nitrogen and oxygen atoms in total. The minimum Gasteiger partial charge on any atom is -0.495 e. The molecule has 1 saturated heterocycles. The van der Waals surface area contributed by atoms with Crippen LogP contribution in [0.1, 0.15) is 53.0 Å². The van der Waals surface area contributed by atoms with E-state index in [0.29, 0.717) is 46.1 Å². The largest absolute Gasteiger partial charge is 0.495 e. The van der Waals surface area contributed by atoms with Crippen molar-refractivity contribution in [2.75, 3.05) is 23.9 Å². The number of aromatic nitrogens is 3. The first kappa shape index (κ1) is 20.0. The number of carbonyl (C=O) groups is 1. The summed E-state index contributed by atoms with van der Waals surface area (Å²) in [7, 11) is -1.51. The molecule has 0 unspecified atom stereocenters. The summed E-state index contributed by atoms with van der Waals surface area (Å²) in [4.78, 5) is 18.2. The molecule has 2 aromatic heterocycles. The first-order chi connectivity index (χ1) is 14.9. The number of carbonyl (C=O) groups excluding carboxylic acids is 1. The van der Waals surface area contributed by atoms with Gasteiger partial charge in [0, 0.05) is 11.6 Å². The van der Waals surface area contributed by atoms with Gasteiger partial charge in [0.2, 0.25) is 0 Å². The highest BCUT2D eigenvalue weighted by Gasteiger charge is 2.34. The van der Waals surface area contributed by atoms with E-state index >= 15 is 0 Å². The van der Waals surface area contributed by atoms with Gasteiger partial charge >= 0.3 is 0 Å². The van der Waals surface area contributed by atoms with Crippen molar-refractivity contribution in [3.05, 3.63) is 47.3 Å². The molecule has 1 aliphatic carbocycles. The summed E-state index contributed by atoms with van der Waals surface area (Å²) >= 11 is 0. The molecule has 3 heterocycles. The molecule has 1 amide bonds. The van der Waals surface area contributed by atoms with Crippen molar-refractivity contribution in [2.24, 2.45) is 0 Å². The number of pyridine rings is 1. The molecule has 3 aromatic rings. The van der Waals surface area contributed by atoms with Crippen molar-refractivity contribution >= 4 is 32.5 Å². The number of sulfone groups is 1. The maximum absolute atomic E-state index is 13.3. The van der Waals surface area contributed by atoms with Crippen LogP contribution in [0, 0.1) is 6.92 Å². The monoisotopic (exact) mass is 440 g/mol. The van der Waals surface area contributed by atoms with E-state index in [2.05, 4.69) is 10.4 Å². The Balaban J connectivity index is 1.61. The molecular weight excluding hydrogens is 416 g/mol. The van der Waals surface area contributed by atoms with Gasteiger partial charge in [0.15, 0.2) is 15.5 Å². The SMILES string of the molecule is COc1ccccc1NC(=O)c1cc(C2CC2)nc2c1c(C)nn2[C@@H]1CCS(=O)(=O)C1. The lowest BCUT2D eigenvalue weighted by Crippen LogP contribution is -2.15. The number of aryl methyl sites for hydroxylation is 1. The molecule has 2 aliphatic rings. The van der Waals surface area contributed by atoms with Crippen LogP contribution in [0.4, 0.5) is 5.69 Å². The highest BCUT2D eigenvalue weighted by molar-refractivity contribution is 7.91. The summed E-state index contributed by atoms with van der Waals surface area (Å²) in [6.45, 7) is 1.83. The zero-order chi connectivity index (χ0) is 21.8. The Morgan fingerprint density at radius 3 is 2.68 bits per heavy atom. The van der Waals surface area contributed by atoms with Crippen molar-refractivity contribution in [3.63, 3.8) is 0 Å². The summed E-state index contributed by atoms with van der Waals surface area (Å²) in [5, 5.41) is 8.25. The van der Waals surface area contributed by atoms with E-state index in [0.717, 1.165) is 18.5 Å². The van der Waals surface area contributed by atoms with Crippen molar-refractivity contribution in [1.29, 1.82) is 0 Å². The van der Waals surface area contributed by atoms with Crippen LogP contribution in [0.15, 0.2) is 30.3 Å². The fourth-order valence-corrected chi connectivity index (χ4v) is 5.95. The molecule has 9 heteroatoms. The van der Waals surface area contributed by atoms with Crippen LogP contribution in [-0.4, -0.2) is 47.7 Å². The van der Waals surface area contributed by atoms with Gasteiger partial charge in [0.05, 0.1) is 47.0 Å². The van der Waals surface area contributed by atoms with E-state index in [1.165, 1.54) is 0 Å². The molecule has 1 atom stereocenters. The number of rotatable bonds is 5. The van der Waals surface area contributed by atoms with E-state index in [-0.39, 0.29) is 23.5 Å². The van der Waals surface area contributed by atoms with Crippen molar-refractivity contribution < 1.29 is 17.9 Å². The van der Waals surface area contributed by atoms with Gasteiger partial charge in [-0.3, -0.25) is 4.79 Å². The maximum atomic E-state index is 13.3. The summed E-state index contributed by atoms with van der Waals surface area (Å²) in [6.07, 6.45) is 2.59. The van der Waals surface area contributed by atoms with Gasteiger partial charge in [-0.2, -0.15) is 5.10 Å². The van der Waals surface area contributed by atoms with Crippen LogP contribution in [0.2, 0.25) is 0 Å². The van der Waals surface area contributed by atoms with Crippen LogP contribution in [0.25, 0.3) is 11.0 Å². The zero-order valence-corrected chi connectivity index (χ0v) is 18.3. The Bertz CT molecular complexity index is 1290. The van der Waals surface area contributed by atoms with Gasteiger partial charge in [-0.15, -0.1) is 0 Å². The van der Waals surface area contributed by atoms with Gasteiger partial charge in [-0.1, -0.05) is 12.1 Å². The Morgan fingerprint density at radius 2 is 2.00 bits per heavy atom. The number of para-hydroxylation sites is 2. The zero-order valence-electron chi connectivity index (χ0n) is 17.5. The summed E-state index contributed by atoms with van der Waals surface area (Å²) in [5.74, 6) is 0.855. The topological polar surface area (TPSA) is 103 Å². The number of methoxy groups -OCH3 is 1. The standard InChI is InChI=1S/C22H24N4O4S/c1-13-20-16(22(27)24-17-5-3-4-6-19(17)30-2)11-18(14-7-8-14)23-21(20)26(25-13)15-9-10-31(28,29)12-15/h3-6,11,14-15H,7-10,12H2,1-2H3,(H,24,27)/t15-/m1/s1. The third-order valence-corrected chi connectivity index (χ3v) is 7.76. The summed E-state index contributed by atoms with van der Waals surface area (Å²) < 4.78 is 31.2. The van der Waals surface area contributed by atoms with Crippen LogP contribution >= 0.6 is 0 Å². The summed E-state index contributed by atoms with van der Waals surface area (Å²) in [6, 6.07) is 8.85. The molecule has 0 spiro atoms. The number of hydrogen-bond acceptors (Lipinski definition) is 6. The van der Waals surface area contributed by atoms with Crippen LogP contribution in [-0.2, 0) is 9.84 Å². The normalized spacial score (nSPS) is 20.1. The number of benzene rings is 1. The number of anilines is 1. The molecule has 0 bridgehead atoms. The Labute approximate surface area is 180 Å². The van der Waals surface area contributed by atoms with Gasteiger partial charge in [-0.25, -0.2) is 18.1 Å². The van der Waals surface area contributed by atoms with Crippen LogP contribution in [0.3, 0.4) is 0 Å². The van der Waals surface area contributed by atoms with Crippen molar-refractivity contribution in [1.82, 2.24) is 14.8 Å². The first-order valence-electron chi connectivity index (χ1n) is 10.4. The van der Waals surface area contributed by atoms with Crippen molar-refractivity contribution in [2.45, 2.75) is 38.1 Å². The fourth-order valence-electron chi connectivity index (χ4n) is 4.26. The second kappa shape index (κ2) is 7.33. The van der Waals surface area contributed by atoms with Gasteiger partial charge in [0.25, 0.3) is 5.91 Å². The molecule has 162 valence electrons. The van der Waals surface area contributed by atoms with E-state index < -0.39 is 9.84 Å². The lowest BCUT2D eigenvalue weighted by molar-refractivity contribution is 0.102. The molecule has 1 aromatic carbocycles. The second-order valence-electron chi connectivity index (χ2n) is 8.31. The highest BCUT2D eigenvalue weighted by atomic mass is 32.2. The molecule has 2 fully saturated rings. The number of nitrogens with zero attached hydrogens (tertiary/aromatic N) is 3. The fraction of sp³-hybridized carbons (Fsp3) is 0.409. The number of nitrogens with one attached hydrogen (secondary N) is 1. The van der Waals surface area contributed by atoms with Gasteiger partial charge in [0.1, 0.15) is 5.75 Å². The summed E-state index contributed by atoms with van der Waals surface area (Å²) in [5.41, 5.74) is 3.20. The molecule has 5 rings (SSSR count). The smallest absolute Gasteiger partial charge is 0.256 e. The van der Waals surface area contributed by atoms with E-state index in [1.54, 1.807) is 23.9 Å². The quantitative estimate of drug-likeness (QED) is 0.653. The predicted octanol–water partition coefficient (Wildman–Crippen LogP) is 3.24. The second-order valence-corrected chi connectivity index (χ2v) is 10.5. The number of amides is 1. The van der Waals surface area contributed by atoms with Crippen LogP contribution < -0.4 is 10.1 Å². The third kappa shape index (κ3) is 3.67. The molecule has 31 heavy (non-hydrogen) atoms. The molecular formula is C22H24N4O4S. The van der Waals surface area contributed by atoms with Crippen LogP contribution in [0.5, 0.6) is 5.75 Å². The molecule has 0 radical (unpaired) electrons. The highest BCUT2D eigenvalue weighted by Crippen LogP contribution is 2.41. The Morgan fingerprint density at radius 1 is 1.23 bits per heavy atom. The molecule has 1 saturated carbocycles. The maximum Gasteiger partial charge on any atom is 0.256 e. The van der Waals surface area contributed by atoms with Gasteiger partial charge in [-0.05, 0) is 44.4 Å². The minimum absolute atomic E-state index is 0.0568.